The van der Waals surface area contributed by atoms with Gasteiger partial charge in [-0.2, -0.15) is 26.3 Å². The van der Waals surface area contributed by atoms with E-state index in [0.717, 1.165) is 12.1 Å². The third-order valence-electron chi connectivity index (χ3n) is 4.17. The molecule has 29 heavy (non-hydrogen) atoms. The van der Waals surface area contributed by atoms with Crippen LogP contribution >= 0.6 is 22.9 Å². The first-order valence-corrected chi connectivity index (χ1v) is 9.06. The second-order valence-electron chi connectivity index (χ2n) is 6.07. The maximum absolute atomic E-state index is 13.3. The SMILES string of the molecule is OC(c1cc(-c2ccc(F)cc2)c(-c2ccc(Cl)cc2)s1)(C(F)(F)F)C(F)(F)F. The molecule has 1 N–H and O–H groups in total. The first kappa shape index (κ1) is 21.6. The standard InChI is InChI=1S/C19H10ClF7OS/c20-12-5-1-11(2-6-12)16-14(10-3-7-13(21)8-4-10)9-15(29-16)17(28,18(22,23)24)19(25,26)27/h1-9,28H. The Kier molecular flexibility index (Phi) is 5.44. The van der Waals surface area contributed by atoms with Crippen LogP contribution < -0.4 is 0 Å². The summed E-state index contributed by atoms with van der Waals surface area (Å²) in [6, 6.07) is 10.8. The summed E-state index contributed by atoms with van der Waals surface area (Å²) in [5.41, 5.74) is -4.59. The minimum absolute atomic E-state index is 0.0146. The average Bonchev–Trinajstić information content (AvgIpc) is 3.06. The van der Waals surface area contributed by atoms with Gasteiger partial charge in [0.05, 0.1) is 4.88 Å². The summed E-state index contributed by atoms with van der Waals surface area (Å²) in [4.78, 5) is -1.31. The molecular weight excluding hydrogens is 445 g/mol. The molecule has 0 spiro atoms. The number of benzene rings is 2. The fourth-order valence-electron chi connectivity index (χ4n) is 2.67. The zero-order valence-corrected chi connectivity index (χ0v) is 15.6. The van der Waals surface area contributed by atoms with Crippen LogP contribution in [0.3, 0.4) is 0 Å². The van der Waals surface area contributed by atoms with Crippen molar-refractivity contribution >= 4 is 22.9 Å². The molecule has 1 heterocycles. The van der Waals surface area contributed by atoms with Gasteiger partial charge in [0.1, 0.15) is 5.82 Å². The van der Waals surface area contributed by atoms with Gasteiger partial charge >= 0.3 is 12.4 Å². The second-order valence-corrected chi connectivity index (χ2v) is 7.56. The van der Waals surface area contributed by atoms with E-state index >= 15 is 0 Å². The summed E-state index contributed by atoms with van der Waals surface area (Å²) in [7, 11) is 0. The molecule has 0 bridgehead atoms. The van der Waals surface area contributed by atoms with Crippen LogP contribution in [-0.2, 0) is 5.60 Å². The van der Waals surface area contributed by atoms with Gasteiger partial charge in [0.15, 0.2) is 0 Å². The molecule has 3 rings (SSSR count). The van der Waals surface area contributed by atoms with Gasteiger partial charge in [-0.25, -0.2) is 4.39 Å². The molecule has 0 aliphatic rings. The van der Waals surface area contributed by atoms with Crippen LogP contribution in [0.15, 0.2) is 54.6 Å². The number of aliphatic hydroxyl groups is 1. The van der Waals surface area contributed by atoms with Crippen molar-refractivity contribution in [1.82, 2.24) is 0 Å². The summed E-state index contributed by atoms with van der Waals surface area (Å²) >= 11 is 5.95. The van der Waals surface area contributed by atoms with Crippen molar-refractivity contribution in [2.45, 2.75) is 18.0 Å². The van der Waals surface area contributed by atoms with Crippen LogP contribution in [-0.4, -0.2) is 17.5 Å². The molecule has 2 aromatic carbocycles. The highest BCUT2D eigenvalue weighted by Gasteiger charge is 2.72. The molecule has 0 aliphatic heterocycles. The minimum Gasteiger partial charge on any atom is -0.369 e. The first-order valence-electron chi connectivity index (χ1n) is 7.86. The predicted octanol–water partition coefficient (Wildman–Crippen LogP) is 7.19. The molecule has 0 fully saturated rings. The Labute approximate surface area is 169 Å². The number of alkyl halides is 6. The van der Waals surface area contributed by atoms with Gasteiger partial charge in [-0.1, -0.05) is 35.9 Å². The number of rotatable bonds is 3. The van der Waals surface area contributed by atoms with Gasteiger partial charge in [0.25, 0.3) is 5.60 Å². The van der Waals surface area contributed by atoms with E-state index in [1.807, 2.05) is 0 Å². The Morgan fingerprint density at radius 3 is 1.72 bits per heavy atom. The Morgan fingerprint density at radius 1 is 0.759 bits per heavy atom. The number of hydrogen-bond acceptors (Lipinski definition) is 2. The van der Waals surface area contributed by atoms with Crippen molar-refractivity contribution in [2.75, 3.05) is 0 Å². The highest BCUT2D eigenvalue weighted by molar-refractivity contribution is 7.16. The largest absolute Gasteiger partial charge is 0.431 e. The van der Waals surface area contributed by atoms with Crippen LogP contribution in [0.4, 0.5) is 30.7 Å². The number of hydrogen-bond donors (Lipinski definition) is 1. The van der Waals surface area contributed by atoms with Crippen LogP contribution in [0.25, 0.3) is 21.6 Å². The van der Waals surface area contributed by atoms with Gasteiger partial charge in [-0.05, 0) is 41.5 Å². The molecule has 0 unspecified atom stereocenters. The van der Waals surface area contributed by atoms with Crippen molar-refractivity contribution in [3.05, 3.63) is 70.3 Å². The molecule has 0 atom stereocenters. The van der Waals surface area contributed by atoms with Crippen molar-refractivity contribution in [1.29, 1.82) is 0 Å². The van der Waals surface area contributed by atoms with E-state index in [4.69, 9.17) is 11.6 Å². The molecule has 0 aliphatic carbocycles. The maximum atomic E-state index is 13.3. The van der Waals surface area contributed by atoms with E-state index in [0.29, 0.717) is 11.1 Å². The van der Waals surface area contributed by atoms with Crippen molar-refractivity contribution in [3.8, 4) is 21.6 Å². The summed E-state index contributed by atoms with van der Waals surface area (Å²) in [5.74, 6) is -0.626. The number of halogens is 8. The highest BCUT2D eigenvalue weighted by atomic mass is 35.5. The third-order valence-corrected chi connectivity index (χ3v) is 5.72. The van der Waals surface area contributed by atoms with E-state index in [-0.39, 0.29) is 32.9 Å². The zero-order valence-electron chi connectivity index (χ0n) is 14.1. The molecule has 3 aromatic rings. The lowest BCUT2D eigenvalue weighted by Crippen LogP contribution is -2.53. The fourth-order valence-corrected chi connectivity index (χ4v) is 4.11. The lowest BCUT2D eigenvalue weighted by atomic mass is 9.97. The van der Waals surface area contributed by atoms with Crippen LogP contribution in [0.1, 0.15) is 4.88 Å². The molecule has 1 nitrogen and oxygen atoms in total. The quantitative estimate of drug-likeness (QED) is 0.415. The first-order chi connectivity index (χ1) is 13.3. The van der Waals surface area contributed by atoms with Gasteiger partial charge in [0, 0.05) is 15.5 Å². The smallest absolute Gasteiger partial charge is 0.369 e. The van der Waals surface area contributed by atoms with Gasteiger partial charge in [0.2, 0.25) is 0 Å². The summed E-state index contributed by atoms with van der Waals surface area (Å²) in [6.45, 7) is 0. The Balaban J connectivity index is 2.29. The van der Waals surface area contributed by atoms with Crippen molar-refractivity contribution < 1.29 is 35.8 Å². The summed E-state index contributed by atoms with van der Waals surface area (Å²) in [5, 5.41) is 10.1. The highest BCUT2D eigenvalue weighted by Crippen LogP contribution is 2.54. The molecule has 0 radical (unpaired) electrons. The second kappa shape index (κ2) is 7.30. The lowest BCUT2D eigenvalue weighted by molar-refractivity contribution is -0.374. The predicted molar refractivity (Wildman–Crippen MR) is 96.2 cm³/mol. The molecule has 1 aromatic heterocycles. The van der Waals surface area contributed by atoms with E-state index in [1.165, 1.54) is 36.4 Å². The Morgan fingerprint density at radius 2 is 1.24 bits per heavy atom. The van der Waals surface area contributed by atoms with E-state index in [2.05, 4.69) is 0 Å². The van der Waals surface area contributed by atoms with Crippen LogP contribution in [0, 0.1) is 5.82 Å². The minimum atomic E-state index is -6.01. The average molecular weight is 455 g/mol. The van der Waals surface area contributed by atoms with Gasteiger partial charge < -0.3 is 5.11 Å². The monoisotopic (exact) mass is 454 g/mol. The van der Waals surface area contributed by atoms with Crippen molar-refractivity contribution in [2.24, 2.45) is 0 Å². The molecule has 154 valence electrons. The van der Waals surface area contributed by atoms with Crippen LogP contribution in [0.2, 0.25) is 5.02 Å². The van der Waals surface area contributed by atoms with Gasteiger partial charge in [-0.15, -0.1) is 11.3 Å². The third kappa shape index (κ3) is 3.86. The molecule has 0 amide bonds. The van der Waals surface area contributed by atoms with Crippen molar-refractivity contribution in [3.63, 3.8) is 0 Å². The topological polar surface area (TPSA) is 20.2 Å². The lowest BCUT2D eigenvalue weighted by Gasteiger charge is -2.31. The van der Waals surface area contributed by atoms with E-state index in [1.54, 1.807) is 0 Å². The zero-order chi connectivity index (χ0) is 21.6. The maximum Gasteiger partial charge on any atom is 0.431 e. The molecule has 0 saturated carbocycles. The molecular formula is C19H10ClF7OS. The summed E-state index contributed by atoms with van der Waals surface area (Å²) in [6.07, 6.45) is -12.0. The van der Waals surface area contributed by atoms with E-state index < -0.39 is 28.6 Å². The normalized spacial score (nSPS) is 13.0. The Bertz CT molecular complexity index is 928. The number of thiophene rings is 1. The fraction of sp³-hybridized carbons (Fsp3) is 0.158. The Hall–Kier alpha value is -2.10. The molecule has 10 heteroatoms. The van der Waals surface area contributed by atoms with E-state index in [9.17, 15) is 35.8 Å². The summed E-state index contributed by atoms with van der Waals surface area (Å²) < 4.78 is 93.1. The van der Waals surface area contributed by atoms with Gasteiger partial charge in [-0.3, -0.25) is 0 Å². The molecule has 0 saturated heterocycles. The van der Waals surface area contributed by atoms with Crippen LogP contribution in [0.5, 0.6) is 0 Å².